The molecule has 0 aromatic heterocycles. The fourth-order valence-corrected chi connectivity index (χ4v) is 1.26. The van der Waals surface area contributed by atoms with E-state index in [2.05, 4.69) is 0 Å². The van der Waals surface area contributed by atoms with E-state index in [0.717, 1.165) is 6.08 Å². The number of carbonyl (C=O) groups is 1. The molecule has 17 heavy (non-hydrogen) atoms. The highest BCUT2D eigenvalue weighted by molar-refractivity contribution is 5.80. The van der Waals surface area contributed by atoms with E-state index in [-0.39, 0.29) is 18.3 Å². The lowest BCUT2D eigenvalue weighted by Crippen LogP contribution is -2.09. The Bertz CT molecular complexity index is 424. The number of carboxylic acids is 1. The van der Waals surface area contributed by atoms with Crippen molar-refractivity contribution in [3.8, 4) is 5.75 Å². The first-order valence-corrected chi connectivity index (χ1v) is 5.31. The fraction of sp³-hybridized carbons (Fsp3) is 0.308. The minimum atomic E-state index is -1.00. The van der Waals surface area contributed by atoms with Crippen molar-refractivity contribution in [1.82, 2.24) is 0 Å². The molecule has 0 atom stereocenters. The van der Waals surface area contributed by atoms with E-state index in [1.165, 1.54) is 12.1 Å². The smallest absolute Gasteiger partial charge is 0.328 e. The van der Waals surface area contributed by atoms with Crippen molar-refractivity contribution in [3.05, 3.63) is 41.7 Å². The van der Waals surface area contributed by atoms with Gasteiger partial charge in [0.1, 0.15) is 18.2 Å². The standard InChI is InChI=1S/C13H15FO3/c1-9(2)10(6-13(15)16)8-17-12-5-3-4-11(14)7-12/h3-7,9H,8H2,1-2H3,(H,15,16)/b10-6-. The first-order valence-electron chi connectivity index (χ1n) is 5.31. The Kier molecular flexibility index (Phi) is 4.69. The normalized spacial score (nSPS) is 11.6. The number of hydrogen-bond acceptors (Lipinski definition) is 2. The lowest BCUT2D eigenvalue weighted by Gasteiger charge is -2.12. The van der Waals surface area contributed by atoms with Gasteiger partial charge in [-0.15, -0.1) is 0 Å². The minimum Gasteiger partial charge on any atom is -0.489 e. The summed E-state index contributed by atoms with van der Waals surface area (Å²) in [6.45, 7) is 3.90. The Balaban J connectivity index is 2.68. The molecule has 0 amide bonds. The summed E-state index contributed by atoms with van der Waals surface area (Å²) >= 11 is 0. The molecule has 92 valence electrons. The fourth-order valence-electron chi connectivity index (χ4n) is 1.26. The third-order valence-electron chi connectivity index (χ3n) is 2.25. The summed E-state index contributed by atoms with van der Waals surface area (Å²) in [5.74, 6) is -0.922. The zero-order valence-electron chi connectivity index (χ0n) is 9.81. The maximum Gasteiger partial charge on any atom is 0.328 e. The summed E-state index contributed by atoms with van der Waals surface area (Å²) in [6, 6.07) is 5.75. The zero-order chi connectivity index (χ0) is 12.8. The van der Waals surface area contributed by atoms with Crippen molar-refractivity contribution in [1.29, 1.82) is 0 Å². The largest absolute Gasteiger partial charge is 0.489 e. The van der Waals surface area contributed by atoms with Gasteiger partial charge in [0.15, 0.2) is 0 Å². The lowest BCUT2D eigenvalue weighted by molar-refractivity contribution is -0.131. The van der Waals surface area contributed by atoms with Gasteiger partial charge in [0.25, 0.3) is 0 Å². The third kappa shape index (κ3) is 4.68. The van der Waals surface area contributed by atoms with Crippen LogP contribution in [0.15, 0.2) is 35.9 Å². The Hall–Kier alpha value is -1.84. The van der Waals surface area contributed by atoms with Gasteiger partial charge in [0.05, 0.1) is 0 Å². The van der Waals surface area contributed by atoms with Gasteiger partial charge >= 0.3 is 5.97 Å². The Labute approximate surface area is 99.5 Å². The second kappa shape index (κ2) is 6.03. The summed E-state index contributed by atoms with van der Waals surface area (Å²) in [7, 11) is 0. The Morgan fingerprint density at radius 1 is 1.53 bits per heavy atom. The molecule has 1 aromatic rings. The van der Waals surface area contributed by atoms with Gasteiger partial charge in [-0.1, -0.05) is 19.9 Å². The molecule has 3 nitrogen and oxygen atoms in total. The monoisotopic (exact) mass is 238 g/mol. The molecule has 0 aliphatic heterocycles. The summed E-state index contributed by atoms with van der Waals surface area (Å²) in [4.78, 5) is 10.6. The van der Waals surface area contributed by atoms with Crippen LogP contribution >= 0.6 is 0 Å². The highest BCUT2D eigenvalue weighted by Gasteiger charge is 2.07. The molecular weight excluding hydrogens is 223 g/mol. The second-order valence-electron chi connectivity index (χ2n) is 3.96. The van der Waals surface area contributed by atoms with Gasteiger partial charge in [0, 0.05) is 12.1 Å². The summed E-state index contributed by atoms with van der Waals surface area (Å²) in [5.41, 5.74) is 0.654. The molecule has 0 aliphatic rings. The number of ether oxygens (including phenoxy) is 1. The van der Waals surface area contributed by atoms with E-state index in [1.54, 1.807) is 12.1 Å². The van der Waals surface area contributed by atoms with Gasteiger partial charge in [-0.2, -0.15) is 0 Å². The molecule has 1 rings (SSSR count). The van der Waals surface area contributed by atoms with Crippen LogP contribution < -0.4 is 4.74 Å². The Morgan fingerprint density at radius 3 is 2.76 bits per heavy atom. The van der Waals surface area contributed by atoms with Crippen molar-refractivity contribution >= 4 is 5.97 Å². The molecule has 0 fully saturated rings. The zero-order valence-corrected chi connectivity index (χ0v) is 9.81. The number of hydrogen-bond donors (Lipinski definition) is 1. The Morgan fingerprint density at radius 2 is 2.24 bits per heavy atom. The molecule has 1 aromatic carbocycles. The van der Waals surface area contributed by atoms with Crippen molar-refractivity contribution in [2.24, 2.45) is 5.92 Å². The third-order valence-corrected chi connectivity index (χ3v) is 2.25. The quantitative estimate of drug-likeness (QED) is 0.802. The first kappa shape index (κ1) is 13.2. The van der Waals surface area contributed by atoms with Gasteiger partial charge in [-0.05, 0) is 23.6 Å². The van der Waals surface area contributed by atoms with Crippen LogP contribution in [-0.4, -0.2) is 17.7 Å². The maximum absolute atomic E-state index is 12.9. The minimum absolute atomic E-state index is 0.0691. The van der Waals surface area contributed by atoms with Crippen LogP contribution in [-0.2, 0) is 4.79 Å². The molecule has 4 heteroatoms. The van der Waals surface area contributed by atoms with Crippen LogP contribution in [0, 0.1) is 11.7 Å². The van der Waals surface area contributed by atoms with E-state index >= 15 is 0 Å². The molecular formula is C13H15FO3. The molecule has 0 saturated carbocycles. The van der Waals surface area contributed by atoms with Crippen LogP contribution in [0.2, 0.25) is 0 Å². The van der Waals surface area contributed by atoms with E-state index < -0.39 is 5.97 Å². The maximum atomic E-state index is 12.9. The lowest BCUT2D eigenvalue weighted by atomic mass is 10.0. The summed E-state index contributed by atoms with van der Waals surface area (Å²) in [6.07, 6.45) is 1.13. The molecule has 1 N–H and O–H groups in total. The van der Waals surface area contributed by atoms with Crippen molar-refractivity contribution in [2.45, 2.75) is 13.8 Å². The molecule has 0 unspecified atom stereocenters. The molecule has 0 saturated heterocycles. The molecule has 0 heterocycles. The number of carboxylic acid groups (broad SMARTS) is 1. The van der Waals surface area contributed by atoms with Gasteiger partial charge < -0.3 is 9.84 Å². The van der Waals surface area contributed by atoms with Crippen LogP contribution in [0.4, 0.5) is 4.39 Å². The average molecular weight is 238 g/mol. The van der Waals surface area contributed by atoms with E-state index in [1.807, 2.05) is 13.8 Å². The van der Waals surface area contributed by atoms with Gasteiger partial charge in [-0.25, -0.2) is 9.18 Å². The van der Waals surface area contributed by atoms with Crippen molar-refractivity contribution in [2.75, 3.05) is 6.61 Å². The average Bonchev–Trinajstić information content (AvgIpc) is 2.23. The SMILES string of the molecule is CC(C)/C(=C\C(=O)O)COc1cccc(F)c1. The molecule has 0 bridgehead atoms. The predicted octanol–water partition coefficient (Wildman–Crippen LogP) is 2.87. The topological polar surface area (TPSA) is 46.5 Å². The molecule has 0 radical (unpaired) electrons. The highest BCUT2D eigenvalue weighted by Crippen LogP contribution is 2.15. The second-order valence-corrected chi connectivity index (χ2v) is 3.96. The summed E-state index contributed by atoms with van der Waals surface area (Å²) < 4.78 is 18.2. The number of aliphatic carboxylic acids is 1. The van der Waals surface area contributed by atoms with Gasteiger partial charge in [-0.3, -0.25) is 0 Å². The van der Waals surface area contributed by atoms with Crippen molar-refractivity contribution in [3.63, 3.8) is 0 Å². The van der Waals surface area contributed by atoms with E-state index in [4.69, 9.17) is 9.84 Å². The van der Waals surface area contributed by atoms with Crippen LogP contribution in [0.1, 0.15) is 13.8 Å². The predicted molar refractivity (Wildman–Crippen MR) is 62.5 cm³/mol. The van der Waals surface area contributed by atoms with E-state index in [0.29, 0.717) is 11.3 Å². The number of halogens is 1. The summed E-state index contributed by atoms with van der Waals surface area (Å²) in [5, 5.41) is 8.68. The van der Waals surface area contributed by atoms with E-state index in [9.17, 15) is 9.18 Å². The van der Waals surface area contributed by atoms with Crippen LogP contribution in [0.5, 0.6) is 5.75 Å². The van der Waals surface area contributed by atoms with Crippen LogP contribution in [0.25, 0.3) is 0 Å². The van der Waals surface area contributed by atoms with Crippen molar-refractivity contribution < 1.29 is 19.0 Å². The number of benzene rings is 1. The molecule has 0 aliphatic carbocycles. The highest BCUT2D eigenvalue weighted by atomic mass is 19.1. The van der Waals surface area contributed by atoms with Gasteiger partial charge in [0.2, 0.25) is 0 Å². The number of rotatable bonds is 5. The first-order chi connectivity index (χ1) is 7.99. The molecule has 0 spiro atoms. The van der Waals surface area contributed by atoms with Crippen LogP contribution in [0.3, 0.4) is 0 Å².